The molecule has 1 aromatic heterocycles. The molecular weight excluding hydrogens is 262 g/mol. The van der Waals surface area contributed by atoms with Gasteiger partial charge in [-0.2, -0.15) is 8.42 Å². The van der Waals surface area contributed by atoms with Crippen molar-refractivity contribution in [3.8, 4) is 0 Å². The molecule has 3 rings (SSSR count). The van der Waals surface area contributed by atoms with E-state index in [9.17, 15) is 13.0 Å². The molecule has 5 heteroatoms. The summed E-state index contributed by atoms with van der Waals surface area (Å²) in [5.74, 6) is 0. The number of benzene rings is 2. The van der Waals surface area contributed by atoms with Crippen molar-refractivity contribution in [2.24, 2.45) is 0 Å². The lowest BCUT2D eigenvalue weighted by Crippen LogP contribution is -2.02. The van der Waals surface area contributed by atoms with Gasteiger partial charge in [0.25, 0.3) is 10.1 Å². The molecule has 96 valence electrons. The summed E-state index contributed by atoms with van der Waals surface area (Å²) in [6.07, 6.45) is 0. The Morgan fingerprint density at radius 2 is 1.79 bits per heavy atom. The van der Waals surface area contributed by atoms with Crippen molar-refractivity contribution >= 4 is 31.9 Å². The number of hydrogen-bond acceptors (Lipinski definition) is 3. The molecule has 19 heavy (non-hydrogen) atoms. The van der Waals surface area contributed by atoms with Gasteiger partial charge in [-0.05, 0) is 30.7 Å². The van der Waals surface area contributed by atoms with Gasteiger partial charge in [0.1, 0.15) is 4.90 Å². The van der Waals surface area contributed by atoms with E-state index in [0.717, 1.165) is 10.9 Å². The van der Waals surface area contributed by atoms with Crippen LogP contribution in [-0.4, -0.2) is 18.0 Å². The Bertz CT molecular complexity index is 901. The van der Waals surface area contributed by atoms with Crippen molar-refractivity contribution < 1.29 is 13.0 Å². The molecule has 0 unspecified atom stereocenters. The van der Waals surface area contributed by atoms with Gasteiger partial charge in [-0.3, -0.25) is 4.55 Å². The largest absolute Gasteiger partial charge is 0.295 e. The van der Waals surface area contributed by atoms with E-state index in [1.807, 2.05) is 24.3 Å². The zero-order valence-electron chi connectivity index (χ0n) is 10.2. The van der Waals surface area contributed by atoms with Gasteiger partial charge in [-0.1, -0.05) is 24.3 Å². The molecule has 2 aromatic carbocycles. The SMILES string of the molecule is Cc1ccc2nc3ccccc3cc2c1S(=O)(=O)O. The average Bonchev–Trinajstić information content (AvgIpc) is 2.34. The van der Waals surface area contributed by atoms with Gasteiger partial charge in [-0.15, -0.1) is 0 Å². The monoisotopic (exact) mass is 273 g/mol. The van der Waals surface area contributed by atoms with Crippen LogP contribution >= 0.6 is 0 Å². The third kappa shape index (κ3) is 1.97. The molecule has 3 aromatic rings. The van der Waals surface area contributed by atoms with Gasteiger partial charge in [0.05, 0.1) is 11.0 Å². The second kappa shape index (κ2) is 4.01. The fourth-order valence-corrected chi connectivity index (χ4v) is 3.19. The Kier molecular flexibility index (Phi) is 2.55. The van der Waals surface area contributed by atoms with Gasteiger partial charge in [-0.25, -0.2) is 4.98 Å². The number of nitrogens with zero attached hydrogens (tertiary/aromatic N) is 1. The summed E-state index contributed by atoms with van der Waals surface area (Å²) < 4.78 is 32.4. The van der Waals surface area contributed by atoms with Crippen LogP contribution < -0.4 is 0 Å². The first kappa shape index (κ1) is 12.1. The van der Waals surface area contributed by atoms with Crippen molar-refractivity contribution in [3.05, 3.63) is 48.0 Å². The number of para-hydroxylation sites is 1. The van der Waals surface area contributed by atoms with E-state index >= 15 is 0 Å². The quantitative estimate of drug-likeness (QED) is 0.547. The van der Waals surface area contributed by atoms with Crippen LogP contribution in [0, 0.1) is 6.92 Å². The first-order chi connectivity index (χ1) is 8.97. The summed E-state index contributed by atoms with van der Waals surface area (Å²) in [7, 11) is -4.27. The summed E-state index contributed by atoms with van der Waals surface area (Å²) in [5.41, 5.74) is 1.85. The van der Waals surface area contributed by atoms with E-state index < -0.39 is 10.1 Å². The molecule has 0 aliphatic carbocycles. The second-order valence-electron chi connectivity index (χ2n) is 4.43. The maximum atomic E-state index is 11.5. The molecule has 0 saturated carbocycles. The molecule has 0 aliphatic rings. The molecule has 0 fully saturated rings. The van der Waals surface area contributed by atoms with E-state index in [2.05, 4.69) is 4.98 Å². The van der Waals surface area contributed by atoms with Crippen LogP contribution in [0.3, 0.4) is 0 Å². The molecular formula is C14H11NO3S. The fraction of sp³-hybridized carbons (Fsp3) is 0.0714. The van der Waals surface area contributed by atoms with E-state index in [1.165, 1.54) is 0 Å². The Hall–Kier alpha value is -1.98. The highest BCUT2D eigenvalue weighted by Crippen LogP contribution is 2.28. The third-order valence-corrected chi connectivity index (χ3v) is 4.16. The van der Waals surface area contributed by atoms with Crippen LogP contribution in [-0.2, 0) is 10.1 Å². The normalized spacial score (nSPS) is 12.1. The molecule has 1 N–H and O–H groups in total. The lowest BCUT2D eigenvalue weighted by Gasteiger charge is -2.08. The number of fused-ring (bicyclic) bond motifs is 2. The number of hydrogen-bond donors (Lipinski definition) is 1. The number of aromatic nitrogens is 1. The summed E-state index contributed by atoms with van der Waals surface area (Å²) in [5, 5.41) is 1.28. The molecule has 0 amide bonds. The number of aryl methyl sites for hydroxylation is 1. The zero-order chi connectivity index (χ0) is 13.6. The summed E-state index contributed by atoms with van der Waals surface area (Å²) in [4.78, 5) is 4.35. The van der Waals surface area contributed by atoms with Gasteiger partial charge in [0, 0.05) is 10.8 Å². The van der Waals surface area contributed by atoms with E-state index in [0.29, 0.717) is 16.5 Å². The van der Waals surface area contributed by atoms with Crippen molar-refractivity contribution in [1.29, 1.82) is 0 Å². The second-order valence-corrected chi connectivity index (χ2v) is 5.79. The average molecular weight is 273 g/mol. The maximum Gasteiger partial charge on any atom is 0.295 e. The highest BCUT2D eigenvalue weighted by Gasteiger charge is 2.18. The highest BCUT2D eigenvalue weighted by molar-refractivity contribution is 7.86. The summed E-state index contributed by atoms with van der Waals surface area (Å²) in [6, 6.07) is 12.6. The smallest absolute Gasteiger partial charge is 0.282 e. The molecule has 0 aliphatic heterocycles. The lowest BCUT2D eigenvalue weighted by atomic mass is 10.1. The van der Waals surface area contributed by atoms with Crippen LogP contribution in [0.1, 0.15) is 5.56 Å². The third-order valence-electron chi connectivity index (χ3n) is 3.11. The Balaban J connectivity index is 2.55. The molecule has 0 spiro atoms. The van der Waals surface area contributed by atoms with Crippen LogP contribution in [0.25, 0.3) is 21.8 Å². The molecule has 0 bridgehead atoms. The highest BCUT2D eigenvalue weighted by atomic mass is 32.2. The zero-order valence-corrected chi connectivity index (χ0v) is 11.0. The number of rotatable bonds is 1. The van der Waals surface area contributed by atoms with Gasteiger partial charge < -0.3 is 0 Å². The Morgan fingerprint density at radius 3 is 2.53 bits per heavy atom. The van der Waals surface area contributed by atoms with E-state index in [4.69, 9.17) is 0 Å². The minimum atomic E-state index is -4.27. The summed E-state index contributed by atoms with van der Waals surface area (Å²) in [6.45, 7) is 1.65. The molecule has 0 atom stereocenters. The van der Waals surface area contributed by atoms with Gasteiger partial charge in [0.15, 0.2) is 0 Å². The van der Waals surface area contributed by atoms with Crippen molar-refractivity contribution in [3.63, 3.8) is 0 Å². The standard InChI is InChI=1S/C14H11NO3S/c1-9-6-7-13-11(14(9)19(16,17)18)8-10-4-2-3-5-12(10)15-13/h2-8H,1H3,(H,16,17,18). The minimum Gasteiger partial charge on any atom is -0.282 e. The predicted octanol–water partition coefficient (Wildman–Crippen LogP) is 2.94. The predicted molar refractivity (Wildman–Crippen MR) is 73.8 cm³/mol. The summed E-state index contributed by atoms with van der Waals surface area (Å²) >= 11 is 0. The van der Waals surface area contributed by atoms with Crippen molar-refractivity contribution in [2.45, 2.75) is 11.8 Å². The van der Waals surface area contributed by atoms with Gasteiger partial charge >= 0.3 is 0 Å². The van der Waals surface area contributed by atoms with Crippen molar-refractivity contribution in [2.75, 3.05) is 0 Å². The Labute approximate surface area is 110 Å². The van der Waals surface area contributed by atoms with E-state index in [-0.39, 0.29) is 4.90 Å². The molecule has 0 radical (unpaired) electrons. The first-order valence-electron chi connectivity index (χ1n) is 5.73. The molecule has 0 saturated heterocycles. The van der Waals surface area contributed by atoms with Crippen LogP contribution in [0.4, 0.5) is 0 Å². The lowest BCUT2D eigenvalue weighted by molar-refractivity contribution is 0.483. The van der Waals surface area contributed by atoms with Crippen molar-refractivity contribution in [1.82, 2.24) is 4.98 Å². The van der Waals surface area contributed by atoms with Crippen LogP contribution in [0.2, 0.25) is 0 Å². The number of pyridine rings is 1. The first-order valence-corrected chi connectivity index (χ1v) is 7.17. The van der Waals surface area contributed by atoms with Crippen LogP contribution in [0.15, 0.2) is 47.4 Å². The molecule has 1 heterocycles. The fourth-order valence-electron chi connectivity index (χ4n) is 2.27. The topological polar surface area (TPSA) is 67.3 Å². The van der Waals surface area contributed by atoms with Gasteiger partial charge in [0.2, 0.25) is 0 Å². The molecule has 4 nitrogen and oxygen atoms in total. The maximum absolute atomic E-state index is 11.5. The van der Waals surface area contributed by atoms with E-state index in [1.54, 1.807) is 25.1 Å². The minimum absolute atomic E-state index is 0.0664. The van der Waals surface area contributed by atoms with Crippen LogP contribution in [0.5, 0.6) is 0 Å². The Morgan fingerprint density at radius 1 is 1.05 bits per heavy atom.